The van der Waals surface area contributed by atoms with Crippen LogP contribution in [0, 0.1) is 0 Å². The van der Waals surface area contributed by atoms with Crippen molar-refractivity contribution in [1.29, 1.82) is 0 Å². The van der Waals surface area contributed by atoms with E-state index >= 15 is 0 Å². The highest BCUT2D eigenvalue weighted by Crippen LogP contribution is 2.26. The first-order chi connectivity index (χ1) is 9.13. The molecule has 1 aliphatic rings. The Kier molecular flexibility index (Phi) is 5.51. The molecule has 6 heteroatoms. The van der Waals surface area contributed by atoms with Crippen molar-refractivity contribution in [2.45, 2.75) is 0 Å². The number of hydrogen-bond donors (Lipinski definition) is 0. The van der Waals surface area contributed by atoms with Crippen molar-refractivity contribution < 1.29 is 4.79 Å². The molecule has 0 atom stereocenters. The summed E-state index contributed by atoms with van der Waals surface area (Å²) in [4.78, 5) is 16.6. The van der Waals surface area contributed by atoms with Crippen molar-refractivity contribution >= 4 is 45.0 Å². The zero-order valence-electron chi connectivity index (χ0n) is 10.4. The molecule has 1 heterocycles. The van der Waals surface area contributed by atoms with Crippen LogP contribution in [0.2, 0.25) is 10.0 Å². The maximum atomic E-state index is 12.4. The first-order valence-electron chi connectivity index (χ1n) is 6.15. The Morgan fingerprint density at radius 3 is 2.26 bits per heavy atom. The molecule has 0 N–H and O–H groups in total. The summed E-state index contributed by atoms with van der Waals surface area (Å²) in [7, 11) is 0. The maximum Gasteiger partial charge on any atom is 0.256 e. The van der Waals surface area contributed by atoms with E-state index in [2.05, 4.69) is 20.8 Å². The predicted molar refractivity (Wildman–Crippen MR) is 82.6 cm³/mol. The molecule has 2 rings (SSSR count). The second kappa shape index (κ2) is 6.93. The maximum absolute atomic E-state index is 12.4. The summed E-state index contributed by atoms with van der Waals surface area (Å²) in [5, 5.41) is 1.79. The predicted octanol–water partition coefficient (Wildman–Crippen LogP) is 3.15. The number of halogens is 3. The van der Waals surface area contributed by atoms with E-state index in [1.165, 1.54) is 0 Å². The number of hydrogen-bond acceptors (Lipinski definition) is 2. The molecule has 1 saturated heterocycles. The molecule has 0 aromatic heterocycles. The van der Waals surface area contributed by atoms with Crippen molar-refractivity contribution in [3.05, 3.63) is 33.8 Å². The number of alkyl halides is 1. The van der Waals surface area contributed by atoms with Gasteiger partial charge in [0.05, 0.1) is 15.6 Å². The number of nitrogens with zero attached hydrogens (tertiary/aromatic N) is 2. The van der Waals surface area contributed by atoms with Gasteiger partial charge < -0.3 is 4.90 Å². The molecule has 1 aromatic rings. The van der Waals surface area contributed by atoms with Crippen LogP contribution in [0.4, 0.5) is 0 Å². The average Bonchev–Trinajstić information content (AvgIpc) is 2.39. The van der Waals surface area contributed by atoms with Gasteiger partial charge in [-0.25, -0.2) is 0 Å². The quantitative estimate of drug-likeness (QED) is 0.768. The van der Waals surface area contributed by atoms with Crippen LogP contribution < -0.4 is 0 Å². The minimum atomic E-state index is -0.0749. The molecule has 1 aliphatic heterocycles. The van der Waals surface area contributed by atoms with Crippen LogP contribution >= 0.6 is 39.1 Å². The van der Waals surface area contributed by atoms with E-state index in [1.807, 2.05) is 4.90 Å². The van der Waals surface area contributed by atoms with Gasteiger partial charge in [-0.15, -0.1) is 0 Å². The van der Waals surface area contributed by atoms with Gasteiger partial charge in [-0.3, -0.25) is 9.69 Å². The van der Waals surface area contributed by atoms with Crippen LogP contribution in [0.1, 0.15) is 10.4 Å². The number of carbonyl (C=O) groups excluding carboxylic acids is 1. The highest BCUT2D eigenvalue weighted by Gasteiger charge is 2.24. The van der Waals surface area contributed by atoms with Crippen molar-refractivity contribution in [3.63, 3.8) is 0 Å². The van der Waals surface area contributed by atoms with Gasteiger partial charge in [0.25, 0.3) is 5.91 Å². The lowest BCUT2D eigenvalue weighted by atomic mass is 10.1. The number of carbonyl (C=O) groups is 1. The van der Waals surface area contributed by atoms with E-state index in [0.29, 0.717) is 28.7 Å². The Hall–Kier alpha value is -0.290. The van der Waals surface area contributed by atoms with Gasteiger partial charge in [0.1, 0.15) is 0 Å². The molecule has 19 heavy (non-hydrogen) atoms. The van der Waals surface area contributed by atoms with E-state index in [4.69, 9.17) is 23.2 Å². The van der Waals surface area contributed by atoms with Crippen molar-refractivity contribution in [3.8, 4) is 0 Å². The fraction of sp³-hybridized carbons (Fsp3) is 0.462. The standard InChI is InChI=1S/C13H15BrCl2N2O/c14-4-5-17-6-8-18(9-7-17)13(19)12-10(15)2-1-3-11(12)16/h1-3H,4-9H2. The number of rotatable bonds is 3. The molecule has 0 aliphatic carbocycles. The van der Waals surface area contributed by atoms with Gasteiger partial charge >= 0.3 is 0 Å². The summed E-state index contributed by atoms with van der Waals surface area (Å²) in [5.74, 6) is -0.0749. The van der Waals surface area contributed by atoms with Crippen LogP contribution in [-0.2, 0) is 0 Å². The van der Waals surface area contributed by atoms with Crippen LogP contribution in [0.25, 0.3) is 0 Å². The minimum absolute atomic E-state index is 0.0749. The van der Waals surface area contributed by atoms with E-state index in [1.54, 1.807) is 18.2 Å². The van der Waals surface area contributed by atoms with Crippen molar-refractivity contribution in [1.82, 2.24) is 9.80 Å². The van der Waals surface area contributed by atoms with Crippen LogP contribution in [-0.4, -0.2) is 53.8 Å². The fourth-order valence-corrected chi connectivity index (χ4v) is 3.21. The normalized spacial score (nSPS) is 16.7. The highest BCUT2D eigenvalue weighted by molar-refractivity contribution is 9.09. The SMILES string of the molecule is O=C(c1c(Cl)cccc1Cl)N1CCN(CCBr)CC1. The van der Waals surface area contributed by atoms with Gasteiger partial charge in [-0.2, -0.15) is 0 Å². The summed E-state index contributed by atoms with van der Waals surface area (Å²) in [5.41, 5.74) is 0.416. The summed E-state index contributed by atoms with van der Waals surface area (Å²) in [6, 6.07) is 5.14. The van der Waals surface area contributed by atoms with Gasteiger partial charge in [-0.1, -0.05) is 45.2 Å². The smallest absolute Gasteiger partial charge is 0.256 e. The fourth-order valence-electron chi connectivity index (χ4n) is 2.15. The first kappa shape index (κ1) is 15.1. The second-order valence-electron chi connectivity index (χ2n) is 4.42. The van der Waals surface area contributed by atoms with Gasteiger partial charge in [0.2, 0.25) is 0 Å². The zero-order valence-corrected chi connectivity index (χ0v) is 13.5. The Balaban J connectivity index is 2.05. The van der Waals surface area contributed by atoms with Gasteiger partial charge in [0.15, 0.2) is 0 Å². The Morgan fingerprint density at radius 2 is 1.74 bits per heavy atom. The summed E-state index contributed by atoms with van der Waals surface area (Å²) in [6.07, 6.45) is 0. The van der Waals surface area contributed by atoms with Gasteiger partial charge in [0, 0.05) is 38.1 Å². The lowest BCUT2D eigenvalue weighted by molar-refractivity contribution is 0.0645. The number of piperazine rings is 1. The molecular weight excluding hydrogens is 351 g/mol. The monoisotopic (exact) mass is 364 g/mol. The van der Waals surface area contributed by atoms with Crippen molar-refractivity contribution in [2.75, 3.05) is 38.1 Å². The molecule has 0 saturated carbocycles. The molecule has 0 radical (unpaired) electrons. The summed E-state index contributed by atoms with van der Waals surface area (Å²) in [6.45, 7) is 4.22. The van der Waals surface area contributed by atoms with E-state index < -0.39 is 0 Å². The Bertz CT molecular complexity index is 442. The third-order valence-electron chi connectivity index (χ3n) is 3.24. The number of benzene rings is 1. The molecule has 3 nitrogen and oxygen atoms in total. The lowest BCUT2D eigenvalue weighted by Crippen LogP contribution is -2.49. The molecule has 0 bridgehead atoms. The topological polar surface area (TPSA) is 23.6 Å². The van der Waals surface area contributed by atoms with Crippen LogP contribution in [0.5, 0.6) is 0 Å². The lowest BCUT2D eigenvalue weighted by Gasteiger charge is -2.34. The Morgan fingerprint density at radius 1 is 1.16 bits per heavy atom. The molecule has 1 amide bonds. The van der Waals surface area contributed by atoms with Crippen LogP contribution in [0.15, 0.2) is 18.2 Å². The van der Waals surface area contributed by atoms with E-state index in [0.717, 1.165) is 25.0 Å². The molecule has 104 valence electrons. The van der Waals surface area contributed by atoms with Gasteiger partial charge in [-0.05, 0) is 12.1 Å². The number of amides is 1. The van der Waals surface area contributed by atoms with E-state index in [9.17, 15) is 4.79 Å². The third-order valence-corrected chi connectivity index (χ3v) is 4.22. The zero-order chi connectivity index (χ0) is 13.8. The first-order valence-corrected chi connectivity index (χ1v) is 8.03. The minimum Gasteiger partial charge on any atom is -0.336 e. The van der Waals surface area contributed by atoms with Crippen LogP contribution in [0.3, 0.4) is 0 Å². The summed E-state index contributed by atoms with van der Waals surface area (Å²) >= 11 is 15.6. The highest BCUT2D eigenvalue weighted by atomic mass is 79.9. The largest absolute Gasteiger partial charge is 0.336 e. The van der Waals surface area contributed by atoms with E-state index in [-0.39, 0.29) is 5.91 Å². The Labute approximate surface area is 131 Å². The van der Waals surface area contributed by atoms with Crippen molar-refractivity contribution in [2.24, 2.45) is 0 Å². The molecule has 1 aromatic carbocycles. The second-order valence-corrected chi connectivity index (χ2v) is 6.03. The molecule has 0 unspecified atom stereocenters. The summed E-state index contributed by atoms with van der Waals surface area (Å²) < 4.78 is 0. The molecule has 0 spiro atoms. The molecule has 1 fully saturated rings. The third kappa shape index (κ3) is 3.63. The molecular formula is C13H15BrCl2N2O. The average molecular weight is 366 g/mol.